The molecule has 56 heavy (non-hydrogen) atoms. The Labute approximate surface area is 324 Å². The number of nitrogens with zero attached hydrogens (tertiary/aromatic N) is 6. The first-order valence-electron chi connectivity index (χ1n) is 18.8. The predicted molar refractivity (Wildman–Crippen MR) is 228 cm³/mol. The molecule has 0 aliphatic carbocycles. The van der Waals surface area contributed by atoms with Gasteiger partial charge in [-0.3, -0.25) is 0 Å². The van der Waals surface area contributed by atoms with Gasteiger partial charge in [-0.1, -0.05) is 109 Å². The lowest BCUT2D eigenvalue weighted by molar-refractivity contribution is 0.926. The number of fused-ring (bicyclic) bond motifs is 6. The van der Waals surface area contributed by atoms with Gasteiger partial charge in [0.15, 0.2) is 5.82 Å². The molecule has 10 rings (SSSR count). The number of hydrogen-bond acceptors (Lipinski definition) is 4. The van der Waals surface area contributed by atoms with Crippen molar-refractivity contribution in [2.75, 3.05) is 0 Å². The summed E-state index contributed by atoms with van der Waals surface area (Å²) >= 11 is 0. The Balaban J connectivity index is 1.32. The first-order chi connectivity index (χ1) is 27.4. The second-order valence-corrected chi connectivity index (χ2v) is 14.6. The quantitative estimate of drug-likeness (QED) is 0.177. The molecule has 0 saturated heterocycles. The van der Waals surface area contributed by atoms with Crippen molar-refractivity contribution >= 4 is 43.6 Å². The van der Waals surface area contributed by atoms with Gasteiger partial charge in [0.1, 0.15) is 17.7 Å². The SMILES string of the molecule is Cc1nc(C)nc(-c2cc(-n3c4ccccc4c4ccc(-c5ccccc5C)cc43)c(C#N)cc2-n2c3ccccc3c3ccc(-c4ccccc4C)cc32)n1. The van der Waals surface area contributed by atoms with Crippen LogP contribution in [0.5, 0.6) is 0 Å². The Morgan fingerprint density at radius 3 is 1.41 bits per heavy atom. The predicted octanol–water partition coefficient (Wildman–Crippen LogP) is 12.2. The van der Waals surface area contributed by atoms with Crippen LogP contribution in [0.1, 0.15) is 28.3 Å². The van der Waals surface area contributed by atoms with Crippen LogP contribution >= 0.6 is 0 Å². The largest absolute Gasteiger partial charge is 0.308 e. The summed E-state index contributed by atoms with van der Waals surface area (Å²) in [5.74, 6) is 1.82. The van der Waals surface area contributed by atoms with E-state index in [-0.39, 0.29) is 0 Å². The van der Waals surface area contributed by atoms with E-state index in [1.807, 2.05) is 19.9 Å². The fourth-order valence-electron chi connectivity index (χ4n) is 8.54. The van der Waals surface area contributed by atoms with Crippen LogP contribution in [0, 0.1) is 39.0 Å². The van der Waals surface area contributed by atoms with Crippen molar-refractivity contribution in [3.8, 4) is 51.1 Å². The maximum atomic E-state index is 11.1. The first-order valence-corrected chi connectivity index (χ1v) is 18.8. The lowest BCUT2D eigenvalue weighted by Gasteiger charge is -2.18. The minimum atomic E-state index is 0.538. The van der Waals surface area contributed by atoms with Crippen LogP contribution in [0.3, 0.4) is 0 Å². The first kappa shape index (κ1) is 33.2. The lowest BCUT2D eigenvalue weighted by atomic mass is 9.99. The zero-order valence-corrected chi connectivity index (χ0v) is 31.5. The van der Waals surface area contributed by atoms with E-state index in [9.17, 15) is 5.26 Å². The fraction of sp³-hybridized carbons (Fsp3) is 0.0800. The molecule has 10 aromatic rings. The molecule has 3 heterocycles. The van der Waals surface area contributed by atoms with Crippen LogP contribution in [0.2, 0.25) is 0 Å². The van der Waals surface area contributed by atoms with Crippen molar-refractivity contribution in [3.05, 3.63) is 174 Å². The van der Waals surface area contributed by atoms with Crippen molar-refractivity contribution in [1.82, 2.24) is 24.1 Å². The van der Waals surface area contributed by atoms with Crippen molar-refractivity contribution in [3.63, 3.8) is 0 Å². The number of nitriles is 1. The zero-order chi connectivity index (χ0) is 38.1. The monoisotopic (exact) mass is 720 g/mol. The van der Waals surface area contributed by atoms with Gasteiger partial charge < -0.3 is 9.13 Å². The van der Waals surface area contributed by atoms with E-state index in [4.69, 9.17) is 9.97 Å². The van der Waals surface area contributed by atoms with Crippen molar-refractivity contribution in [2.45, 2.75) is 27.7 Å². The van der Waals surface area contributed by atoms with Gasteiger partial charge in [0.25, 0.3) is 0 Å². The van der Waals surface area contributed by atoms with Crippen molar-refractivity contribution in [1.29, 1.82) is 5.26 Å². The van der Waals surface area contributed by atoms with Crippen LogP contribution in [-0.2, 0) is 0 Å². The summed E-state index contributed by atoms with van der Waals surface area (Å²) in [6, 6.07) is 54.0. The van der Waals surface area contributed by atoms with E-state index >= 15 is 0 Å². The third kappa shape index (κ3) is 5.20. The molecule has 0 bridgehead atoms. The molecule has 6 heteroatoms. The van der Waals surface area contributed by atoms with Gasteiger partial charge in [0.2, 0.25) is 0 Å². The molecule has 0 N–H and O–H groups in total. The highest BCUT2D eigenvalue weighted by Crippen LogP contribution is 2.42. The van der Waals surface area contributed by atoms with Gasteiger partial charge in [-0.05, 0) is 97.5 Å². The van der Waals surface area contributed by atoms with E-state index in [0.29, 0.717) is 23.0 Å². The van der Waals surface area contributed by atoms with Crippen LogP contribution < -0.4 is 0 Å². The summed E-state index contributed by atoms with van der Waals surface area (Å²) in [5, 5.41) is 15.6. The Kier molecular flexibility index (Phi) is 7.65. The molecule has 0 spiro atoms. The summed E-state index contributed by atoms with van der Waals surface area (Å²) in [7, 11) is 0. The molecule has 7 aromatic carbocycles. The number of hydrogen-bond donors (Lipinski definition) is 0. The number of aromatic nitrogens is 5. The summed E-state index contributed by atoms with van der Waals surface area (Å²) in [4.78, 5) is 14.5. The second-order valence-electron chi connectivity index (χ2n) is 14.6. The van der Waals surface area contributed by atoms with E-state index in [1.165, 1.54) is 22.3 Å². The van der Waals surface area contributed by atoms with Gasteiger partial charge in [-0.15, -0.1) is 0 Å². The van der Waals surface area contributed by atoms with Crippen LogP contribution in [0.25, 0.3) is 88.6 Å². The van der Waals surface area contributed by atoms with Gasteiger partial charge >= 0.3 is 0 Å². The molecule has 0 radical (unpaired) electrons. The number of rotatable bonds is 5. The third-order valence-corrected chi connectivity index (χ3v) is 11.1. The lowest BCUT2D eigenvalue weighted by Crippen LogP contribution is -2.07. The third-order valence-electron chi connectivity index (χ3n) is 11.1. The van der Waals surface area contributed by atoms with Crippen molar-refractivity contribution in [2.24, 2.45) is 0 Å². The summed E-state index contributed by atoms with van der Waals surface area (Å²) in [6.07, 6.45) is 0. The minimum Gasteiger partial charge on any atom is -0.308 e. The molecular formula is C50H36N6. The zero-order valence-electron chi connectivity index (χ0n) is 31.5. The Hall–Kier alpha value is -7.36. The summed E-state index contributed by atoms with van der Waals surface area (Å²) in [5.41, 5.74) is 14.0. The molecule has 3 aromatic heterocycles. The normalized spacial score (nSPS) is 11.6. The van der Waals surface area contributed by atoms with Gasteiger partial charge in [-0.2, -0.15) is 5.26 Å². The standard InChI is InChI=1S/C50H36N6/c1-30-13-5-7-15-37(30)34-21-23-41-39-17-9-11-19-44(39)55(47(41)25-34)46-28-43(50-53-32(3)52-33(4)54-50)49(27-36(46)29-51)56-45-20-12-10-18-40(45)42-24-22-35(26-48(42)56)38-16-8-6-14-31(38)2/h5-28H,1-4H3. The average molecular weight is 721 g/mol. The highest BCUT2D eigenvalue weighted by atomic mass is 15.1. The molecule has 0 unspecified atom stereocenters. The number of para-hydroxylation sites is 2. The van der Waals surface area contributed by atoms with Gasteiger partial charge in [-0.25, -0.2) is 15.0 Å². The molecule has 0 amide bonds. The molecule has 0 aliphatic heterocycles. The molecular weight excluding hydrogens is 685 g/mol. The Bertz CT molecular complexity index is 3250. The molecule has 6 nitrogen and oxygen atoms in total. The molecule has 0 saturated carbocycles. The number of benzene rings is 7. The smallest absolute Gasteiger partial charge is 0.165 e. The van der Waals surface area contributed by atoms with E-state index in [2.05, 4.69) is 174 Å². The molecule has 0 fully saturated rings. The highest BCUT2D eigenvalue weighted by Gasteiger charge is 2.24. The molecule has 0 atom stereocenters. The minimum absolute atomic E-state index is 0.538. The highest BCUT2D eigenvalue weighted by molar-refractivity contribution is 6.12. The van der Waals surface area contributed by atoms with Gasteiger partial charge in [0, 0.05) is 27.1 Å². The van der Waals surface area contributed by atoms with Gasteiger partial charge in [0.05, 0.1) is 39.0 Å². The number of aryl methyl sites for hydroxylation is 4. The van der Waals surface area contributed by atoms with Crippen LogP contribution in [-0.4, -0.2) is 24.1 Å². The topological polar surface area (TPSA) is 72.3 Å². The van der Waals surface area contributed by atoms with Crippen molar-refractivity contribution < 1.29 is 0 Å². The van der Waals surface area contributed by atoms with Crippen LogP contribution in [0.15, 0.2) is 146 Å². The second kappa shape index (κ2) is 12.9. The molecule has 266 valence electrons. The van der Waals surface area contributed by atoms with E-state index in [0.717, 1.165) is 71.7 Å². The Morgan fingerprint density at radius 2 is 0.893 bits per heavy atom. The molecule has 0 aliphatic rings. The summed E-state index contributed by atoms with van der Waals surface area (Å²) in [6.45, 7) is 8.09. The van der Waals surface area contributed by atoms with Crippen LogP contribution in [0.4, 0.5) is 0 Å². The van der Waals surface area contributed by atoms with E-state index < -0.39 is 0 Å². The van der Waals surface area contributed by atoms with E-state index in [1.54, 1.807) is 0 Å². The maximum absolute atomic E-state index is 11.1. The Morgan fingerprint density at radius 1 is 0.429 bits per heavy atom. The maximum Gasteiger partial charge on any atom is 0.165 e. The summed E-state index contributed by atoms with van der Waals surface area (Å²) < 4.78 is 4.52. The average Bonchev–Trinajstić information content (AvgIpc) is 3.72. The fourth-order valence-corrected chi connectivity index (χ4v) is 8.54.